The van der Waals surface area contributed by atoms with Crippen LogP contribution in [-0.4, -0.2) is 36.1 Å². The summed E-state index contributed by atoms with van der Waals surface area (Å²) < 4.78 is 0. The second kappa shape index (κ2) is 11.9. The van der Waals surface area contributed by atoms with E-state index >= 15 is 0 Å². The molecule has 34 heavy (non-hydrogen) atoms. The molecule has 0 aromatic heterocycles. The van der Waals surface area contributed by atoms with Crippen LogP contribution in [0.15, 0.2) is 79.8 Å². The number of aliphatic hydroxyl groups is 2. The minimum Gasteiger partial charge on any atom is -0.510 e. The molecule has 2 amide bonds. The average Bonchev–Trinajstić information content (AvgIpc) is 2.80. The molecule has 2 rings (SSSR count). The Hall–Kier alpha value is -3.76. The lowest BCUT2D eigenvalue weighted by molar-refractivity contribution is -0.118. The molecule has 0 fully saturated rings. The molecule has 0 unspecified atom stereocenters. The van der Waals surface area contributed by atoms with E-state index in [4.69, 9.17) is 23.2 Å². The van der Waals surface area contributed by atoms with Crippen LogP contribution in [0.25, 0.3) is 11.1 Å². The molecule has 0 aliphatic heterocycles. The second-order valence-electron chi connectivity index (χ2n) is 6.76. The number of carbonyl (C=O) groups excluding carboxylic acids is 2. The van der Waals surface area contributed by atoms with E-state index in [1.807, 2.05) is 0 Å². The van der Waals surface area contributed by atoms with Crippen LogP contribution in [0.5, 0.6) is 0 Å². The molecule has 0 saturated carbocycles. The van der Waals surface area contributed by atoms with Crippen molar-refractivity contribution in [2.45, 2.75) is 13.8 Å². The van der Waals surface area contributed by atoms with Crippen molar-refractivity contribution in [3.63, 3.8) is 0 Å². The summed E-state index contributed by atoms with van der Waals surface area (Å²) in [7, 11) is 2.82. The minimum absolute atomic E-state index is 0.231. The van der Waals surface area contributed by atoms with Gasteiger partial charge in [0.25, 0.3) is 11.8 Å². The number of likely N-dealkylation sites (N-methyl/N-ethyl adjacent to an activating group) is 2. The zero-order valence-electron chi connectivity index (χ0n) is 18.7. The number of nitrogens with one attached hydrogen (secondary N) is 2. The highest BCUT2D eigenvalue weighted by molar-refractivity contribution is 6.34. The van der Waals surface area contributed by atoms with Crippen LogP contribution in [-0.2, 0) is 9.59 Å². The molecule has 0 radical (unpaired) electrons. The number of hydrogen-bond donors (Lipinski definition) is 4. The smallest absolute Gasteiger partial charge is 0.275 e. The summed E-state index contributed by atoms with van der Waals surface area (Å²) >= 11 is 12.6. The Morgan fingerprint density at radius 1 is 0.735 bits per heavy atom. The maximum absolute atomic E-state index is 11.7. The fourth-order valence-corrected chi connectivity index (χ4v) is 2.98. The van der Waals surface area contributed by atoms with E-state index in [2.05, 4.69) is 31.1 Å². The van der Waals surface area contributed by atoms with Gasteiger partial charge in [0.1, 0.15) is 22.9 Å². The first kappa shape index (κ1) is 26.5. The predicted molar refractivity (Wildman–Crippen MR) is 130 cm³/mol. The summed E-state index contributed by atoms with van der Waals surface area (Å²) in [5.41, 5.74) is 1.55. The van der Waals surface area contributed by atoms with E-state index in [0.29, 0.717) is 11.1 Å². The van der Waals surface area contributed by atoms with Gasteiger partial charge in [0.15, 0.2) is 11.4 Å². The van der Waals surface area contributed by atoms with E-state index in [1.165, 1.54) is 27.9 Å². The number of rotatable bonds is 7. The summed E-state index contributed by atoms with van der Waals surface area (Å²) in [5, 5.41) is 39.9. The van der Waals surface area contributed by atoms with Gasteiger partial charge in [-0.15, -0.1) is 20.5 Å². The highest BCUT2D eigenvalue weighted by Crippen LogP contribution is 2.35. The van der Waals surface area contributed by atoms with Crippen molar-refractivity contribution in [1.29, 1.82) is 0 Å². The maximum atomic E-state index is 11.7. The summed E-state index contributed by atoms with van der Waals surface area (Å²) in [6.45, 7) is 2.64. The Labute approximate surface area is 205 Å². The summed E-state index contributed by atoms with van der Waals surface area (Å²) in [4.78, 5) is 23.5. The molecule has 2 aromatic rings. The molecule has 4 N–H and O–H groups in total. The molecule has 2 aromatic carbocycles. The molecular formula is C22H22Cl2N6O4. The van der Waals surface area contributed by atoms with E-state index in [0.717, 1.165) is 0 Å². The van der Waals surface area contributed by atoms with E-state index < -0.39 is 11.8 Å². The van der Waals surface area contributed by atoms with E-state index in [9.17, 15) is 19.8 Å². The topological polar surface area (TPSA) is 148 Å². The van der Waals surface area contributed by atoms with Gasteiger partial charge in [-0.3, -0.25) is 9.59 Å². The Balaban J connectivity index is 2.31. The Bertz CT molecular complexity index is 1130. The quantitative estimate of drug-likeness (QED) is 0.211. The lowest BCUT2D eigenvalue weighted by Gasteiger charge is -2.07. The van der Waals surface area contributed by atoms with Gasteiger partial charge >= 0.3 is 0 Å². The molecule has 0 aliphatic rings. The van der Waals surface area contributed by atoms with Gasteiger partial charge in [-0.2, -0.15) is 0 Å². The van der Waals surface area contributed by atoms with Gasteiger partial charge in [0, 0.05) is 14.1 Å². The minimum atomic E-state index is -0.588. The summed E-state index contributed by atoms with van der Waals surface area (Å²) in [5.74, 6) is -1.74. The standard InChI is InChI=1S/C22H22Cl2N6O4/c1-11(31)19(21(33)25-3)29-27-17-7-5-13(9-15(17)23)14-6-8-18(16(24)10-14)28-30-20(12(2)32)22(34)26-4/h5-10,31-32H,1-4H3,(H,25,33)(H,26,34). The Kier molecular flexibility index (Phi) is 9.28. The molecule has 0 saturated heterocycles. The van der Waals surface area contributed by atoms with Crippen LogP contribution in [0, 0.1) is 0 Å². The van der Waals surface area contributed by atoms with Crippen molar-refractivity contribution in [2.75, 3.05) is 14.1 Å². The van der Waals surface area contributed by atoms with Crippen molar-refractivity contribution in [3.8, 4) is 11.1 Å². The number of halogens is 2. The number of nitrogens with zero attached hydrogens (tertiary/aromatic N) is 4. The maximum Gasteiger partial charge on any atom is 0.275 e. The van der Waals surface area contributed by atoms with Crippen molar-refractivity contribution in [3.05, 3.63) is 69.4 Å². The van der Waals surface area contributed by atoms with Gasteiger partial charge in [-0.1, -0.05) is 35.3 Å². The average molecular weight is 505 g/mol. The first-order valence-corrected chi connectivity index (χ1v) is 10.5. The third-order valence-corrected chi connectivity index (χ3v) is 4.92. The van der Waals surface area contributed by atoms with Gasteiger partial charge in [0.2, 0.25) is 0 Å². The van der Waals surface area contributed by atoms with Crippen molar-refractivity contribution < 1.29 is 19.8 Å². The van der Waals surface area contributed by atoms with Crippen molar-refractivity contribution >= 4 is 46.4 Å². The SMILES string of the molecule is CNC(=O)C(N=Nc1ccc(-c2ccc(N=NC(C(=O)NC)=C(C)O)c(Cl)c2)cc1Cl)=C(C)O. The van der Waals surface area contributed by atoms with E-state index in [1.54, 1.807) is 36.4 Å². The van der Waals surface area contributed by atoms with Crippen LogP contribution < -0.4 is 10.6 Å². The molecule has 0 heterocycles. The van der Waals surface area contributed by atoms with Crippen molar-refractivity contribution in [2.24, 2.45) is 20.5 Å². The summed E-state index contributed by atoms with van der Waals surface area (Å²) in [6.07, 6.45) is 0. The molecule has 0 bridgehead atoms. The monoisotopic (exact) mass is 504 g/mol. The molecule has 12 heteroatoms. The lowest BCUT2D eigenvalue weighted by Crippen LogP contribution is -2.20. The van der Waals surface area contributed by atoms with Crippen LogP contribution in [0.4, 0.5) is 11.4 Å². The van der Waals surface area contributed by atoms with Gasteiger partial charge in [-0.05, 0) is 49.2 Å². The predicted octanol–water partition coefficient (Wildman–Crippen LogP) is 5.90. The number of benzene rings is 2. The zero-order valence-corrected chi connectivity index (χ0v) is 20.2. The number of allylic oxidation sites excluding steroid dienone is 2. The molecule has 0 spiro atoms. The third kappa shape index (κ3) is 6.63. The summed E-state index contributed by atoms with van der Waals surface area (Å²) in [6, 6.07) is 9.93. The number of azo groups is 2. The molecule has 10 nitrogen and oxygen atoms in total. The first-order chi connectivity index (χ1) is 16.1. The second-order valence-corrected chi connectivity index (χ2v) is 7.57. The molecule has 178 valence electrons. The third-order valence-electron chi connectivity index (χ3n) is 4.31. The van der Waals surface area contributed by atoms with Gasteiger partial charge in [0.05, 0.1) is 10.0 Å². The molecule has 0 aliphatic carbocycles. The first-order valence-electron chi connectivity index (χ1n) is 9.75. The van der Waals surface area contributed by atoms with Crippen LogP contribution in [0.3, 0.4) is 0 Å². The largest absolute Gasteiger partial charge is 0.510 e. The normalized spacial score (nSPS) is 13.0. The van der Waals surface area contributed by atoms with Gasteiger partial charge < -0.3 is 20.8 Å². The molecule has 0 atom stereocenters. The van der Waals surface area contributed by atoms with Crippen LogP contribution in [0.1, 0.15) is 13.8 Å². The van der Waals surface area contributed by atoms with Crippen LogP contribution >= 0.6 is 23.2 Å². The highest BCUT2D eigenvalue weighted by atomic mass is 35.5. The highest BCUT2D eigenvalue weighted by Gasteiger charge is 2.13. The fraction of sp³-hybridized carbons (Fsp3) is 0.182. The Morgan fingerprint density at radius 3 is 1.35 bits per heavy atom. The van der Waals surface area contributed by atoms with Crippen LogP contribution in [0.2, 0.25) is 10.0 Å². The molecular weight excluding hydrogens is 483 g/mol. The Morgan fingerprint density at radius 2 is 1.09 bits per heavy atom. The van der Waals surface area contributed by atoms with E-state index in [-0.39, 0.29) is 44.3 Å². The van der Waals surface area contributed by atoms with Crippen molar-refractivity contribution in [1.82, 2.24) is 10.6 Å². The lowest BCUT2D eigenvalue weighted by atomic mass is 10.1. The van der Waals surface area contributed by atoms with Gasteiger partial charge in [-0.25, -0.2) is 0 Å². The zero-order chi connectivity index (χ0) is 25.4. The number of carbonyl (C=O) groups is 2. The number of amides is 2. The number of hydrogen-bond acceptors (Lipinski definition) is 8. The number of aliphatic hydroxyl groups excluding tert-OH is 2. The fourth-order valence-electron chi connectivity index (χ4n) is 2.54.